The molecular weight excluding hydrogens is 275 g/mol. The Morgan fingerprint density at radius 3 is 2.94 bits per heavy atom. The molecule has 0 saturated carbocycles. The second-order valence-corrected chi connectivity index (χ2v) is 5.17. The van der Waals surface area contributed by atoms with Crippen LogP contribution in [-0.2, 0) is 6.54 Å². The average Bonchev–Trinajstić information content (AvgIpc) is 2.88. The van der Waals surface area contributed by atoms with Crippen molar-refractivity contribution in [3.63, 3.8) is 0 Å². The van der Waals surface area contributed by atoms with Gasteiger partial charge in [0.15, 0.2) is 0 Å². The van der Waals surface area contributed by atoms with E-state index in [0.717, 1.165) is 19.1 Å². The molecule has 2 rings (SSSR count). The molecule has 1 saturated heterocycles. The number of thiophene rings is 1. The molecule has 0 aromatic carbocycles. The largest absolute Gasteiger partial charge is 1.00 e. The molecular formula is C12H20Cl2N2S-2. The maximum Gasteiger partial charge on any atom is 0.0300 e. The molecule has 2 nitrogen and oxygen atoms in total. The Morgan fingerprint density at radius 2 is 2.29 bits per heavy atom. The highest BCUT2D eigenvalue weighted by molar-refractivity contribution is 7.09. The van der Waals surface area contributed by atoms with E-state index in [9.17, 15) is 0 Å². The first-order valence-electron chi connectivity index (χ1n) is 5.87. The molecule has 1 aliphatic rings. The summed E-state index contributed by atoms with van der Waals surface area (Å²) >= 11 is 1.84. The monoisotopic (exact) mass is 294 g/mol. The number of hydrogen-bond acceptors (Lipinski definition) is 3. The Morgan fingerprint density at radius 1 is 1.47 bits per heavy atom. The fourth-order valence-corrected chi connectivity index (χ4v) is 2.99. The molecule has 1 N–H and O–H groups in total. The molecule has 1 aromatic rings. The van der Waals surface area contributed by atoms with E-state index in [4.69, 9.17) is 0 Å². The molecule has 1 fully saturated rings. The Hall–Kier alpha value is 0.200. The van der Waals surface area contributed by atoms with Crippen molar-refractivity contribution in [2.24, 2.45) is 0 Å². The molecule has 0 bridgehead atoms. The van der Waals surface area contributed by atoms with Gasteiger partial charge in [-0.15, -0.1) is 11.3 Å². The number of hydrogen-bond donors (Lipinski definition) is 1. The van der Waals surface area contributed by atoms with Crippen LogP contribution in [0.3, 0.4) is 0 Å². The minimum Gasteiger partial charge on any atom is -1.00 e. The highest BCUT2D eigenvalue weighted by Gasteiger charge is 2.21. The minimum atomic E-state index is 0. The van der Waals surface area contributed by atoms with Gasteiger partial charge in [0.25, 0.3) is 0 Å². The number of nitrogens with one attached hydrogen (secondary N) is 1. The van der Waals surface area contributed by atoms with Gasteiger partial charge in [0, 0.05) is 24.0 Å². The summed E-state index contributed by atoms with van der Waals surface area (Å²) in [7, 11) is 0. The first-order valence-corrected chi connectivity index (χ1v) is 6.75. The van der Waals surface area contributed by atoms with E-state index in [1.165, 1.54) is 30.8 Å². The molecule has 0 spiro atoms. The normalized spacial score (nSPS) is 19.7. The van der Waals surface area contributed by atoms with Gasteiger partial charge in [0.1, 0.15) is 0 Å². The second kappa shape index (κ2) is 9.17. The standard InChI is InChI=1S/C12H20N2S.2ClH/c1-2-14-7-3-5-11(14)9-13-10-12-6-4-8-15-12;;/h4,6,8,11,13H,2-3,5,7,9-10H2,1H3;2*1H/p-2. The Balaban J connectivity index is 0.00000128. The predicted molar refractivity (Wildman–Crippen MR) is 66.3 cm³/mol. The average molecular weight is 295 g/mol. The SMILES string of the molecule is CCN1CCCC1CNCc1cccs1.[Cl-].[Cl-]. The maximum atomic E-state index is 3.56. The zero-order chi connectivity index (χ0) is 10.5. The molecule has 100 valence electrons. The fourth-order valence-electron chi connectivity index (χ4n) is 2.32. The summed E-state index contributed by atoms with van der Waals surface area (Å²) in [5.41, 5.74) is 0. The van der Waals surface area contributed by atoms with E-state index in [-0.39, 0.29) is 24.8 Å². The van der Waals surface area contributed by atoms with Crippen molar-refractivity contribution in [3.8, 4) is 0 Å². The summed E-state index contributed by atoms with van der Waals surface area (Å²) in [6.07, 6.45) is 2.74. The number of nitrogens with zero attached hydrogens (tertiary/aromatic N) is 1. The van der Waals surface area contributed by atoms with Crippen molar-refractivity contribution in [1.82, 2.24) is 10.2 Å². The van der Waals surface area contributed by atoms with Crippen LogP contribution in [0, 0.1) is 0 Å². The topological polar surface area (TPSA) is 15.3 Å². The van der Waals surface area contributed by atoms with Crippen LogP contribution in [0.5, 0.6) is 0 Å². The predicted octanol–water partition coefficient (Wildman–Crippen LogP) is -3.67. The van der Waals surface area contributed by atoms with Crippen LogP contribution in [-0.4, -0.2) is 30.6 Å². The summed E-state index contributed by atoms with van der Waals surface area (Å²) in [5, 5.41) is 5.71. The highest BCUT2D eigenvalue weighted by atomic mass is 35.5. The summed E-state index contributed by atoms with van der Waals surface area (Å²) in [4.78, 5) is 4.03. The smallest absolute Gasteiger partial charge is 0.0300 e. The molecule has 1 aliphatic heterocycles. The quantitative estimate of drug-likeness (QED) is 0.602. The van der Waals surface area contributed by atoms with Crippen molar-refractivity contribution in [1.29, 1.82) is 0 Å². The first-order chi connectivity index (χ1) is 7.40. The summed E-state index contributed by atoms with van der Waals surface area (Å²) < 4.78 is 0. The van der Waals surface area contributed by atoms with E-state index >= 15 is 0 Å². The number of likely N-dealkylation sites (N-methyl/N-ethyl adjacent to an activating group) is 1. The highest BCUT2D eigenvalue weighted by Crippen LogP contribution is 2.16. The van der Waals surface area contributed by atoms with Crippen LogP contribution in [0.15, 0.2) is 17.5 Å². The summed E-state index contributed by atoms with van der Waals surface area (Å²) in [6.45, 7) is 6.93. The van der Waals surface area contributed by atoms with Crippen molar-refractivity contribution < 1.29 is 24.8 Å². The first kappa shape index (κ1) is 17.2. The molecule has 1 atom stereocenters. The van der Waals surface area contributed by atoms with Crippen LogP contribution < -0.4 is 30.1 Å². The fraction of sp³-hybridized carbons (Fsp3) is 0.667. The zero-order valence-corrected chi connectivity index (χ0v) is 12.5. The summed E-state index contributed by atoms with van der Waals surface area (Å²) in [6, 6.07) is 5.09. The minimum absolute atomic E-state index is 0. The molecule has 2 heterocycles. The van der Waals surface area contributed by atoms with Gasteiger partial charge in [-0.05, 0) is 37.4 Å². The molecule has 17 heavy (non-hydrogen) atoms. The Kier molecular flexibility index (Phi) is 9.28. The molecule has 1 aromatic heterocycles. The van der Waals surface area contributed by atoms with E-state index in [1.54, 1.807) is 0 Å². The van der Waals surface area contributed by atoms with Gasteiger partial charge in [-0.1, -0.05) is 13.0 Å². The number of rotatable bonds is 5. The lowest BCUT2D eigenvalue weighted by atomic mass is 10.2. The zero-order valence-electron chi connectivity index (χ0n) is 10.2. The van der Waals surface area contributed by atoms with Gasteiger partial charge >= 0.3 is 0 Å². The van der Waals surface area contributed by atoms with Crippen molar-refractivity contribution in [2.75, 3.05) is 19.6 Å². The second-order valence-electron chi connectivity index (χ2n) is 4.13. The molecule has 0 radical (unpaired) electrons. The molecule has 0 amide bonds. The third-order valence-electron chi connectivity index (χ3n) is 3.16. The summed E-state index contributed by atoms with van der Waals surface area (Å²) in [5.74, 6) is 0. The van der Waals surface area contributed by atoms with Crippen LogP contribution >= 0.6 is 11.3 Å². The van der Waals surface area contributed by atoms with Crippen LogP contribution in [0.25, 0.3) is 0 Å². The lowest BCUT2D eigenvalue weighted by molar-refractivity contribution is -0.001000. The number of likely N-dealkylation sites (tertiary alicyclic amines) is 1. The lowest BCUT2D eigenvalue weighted by Gasteiger charge is -2.22. The third-order valence-corrected chi connectivity index (χ3v) is 4.04. The van der Waals surface area contributed by atoms with Gasteiger partial charge in [0.2, 0.25) is 0 Å². The van der Waals surface area contributed by atoms with Gasteiger partial charge < -0.3 is 30.1 Å². The van der Waals surface area contributed by atoms with E-state index in [2.05, 4.69) is 34.7 Å². The van der Waals surface area contributed by atoms with Crippen LogP contribution in [0.1, 0.15) is 24.6 Å². The van der Waals surface area contributed by atoms with Gasteiger partial charge in [-0.25, -0.2) is 0 Å². The molecule has 0 aliphatic carbocycles. The Labute approximate surface area is 121 Å². The van der Waals surface area contributed by atoms with Gasteiger partial charge in [-0.3, -0.25) is 4.90 Å². The van der Waals surface area contributed by atoms with E-state index in [0.29, 0.717) is 0 Å². The third kappa shape index (κ3) is 5.14. The van der Waals surface area contributed by atoms with E-state index in [1.807, 2.05) is 11.3 Å². The maximum absolute atomic E-state index is 3.56. The molecule has 1 unspecified atom stereocenters. The van der Waals surface area contributed by atoms with Gasteiger partial charge in [0.05, 0.1) is 0 Å². The molecule has 5 heteroatoms. The van der Waals surface area contributed by atoms with Gasteiger partial charge in [-0.2, -0.15) is 0 Å². The van der Waals surface area contributed by atoms with E-state index < -0.39 is 0 Å². The lowest BCUT2D eigenvalue weighted by Crippen LogP contribution is -3.00. The van der Waals surface area contributed by atoms with Crippen LogP contribution in [0.4, 0.5) is 0 Å². The van der Waals surface area contributed by atoms with Crippen molar-refractivity contribution >= 4 is 11.3 Å². The van der Waals surface area contributed by atoms with Crippen LogP contribution in [0.2, 0.25) is 0 Å². The van der Waals surface area contributed by atoms with Crippen molar-refractivity contribution in [3.05, 3.63) is 22.4 Å². The van der Waals surface area contributed by atoms with Crippen molar-refractivity contribution in [2.45, 2.75) is 32.4 Å². The Bertz CT molecular complexity index is 280. The number of halogens is 2.